The lowest BCUT2D eigenvalue weighted by Gasteiger charge is -2.06. The van der Waals surface area contributed by atoms with E-state index >= 15 is 0 Å². The topological polar surface area (TPSA) is 78.2 Å². The molecule has 28 heavy (non-hydrogen) atoms. The van der Waals surface area contributed by atoms with E-state index in [0.29, 0.717) is 11.6 Å². The average Bonchev–Trinajstić information content (AvgIpc) is 2.96. The number of ether oxygens (including phenoxy) is 1. The van der Waals surface area contributed by atoms with E-state index in [9.17, 15) is 18.4 Å². The highest BCUT2D eigenvalue weighted by atomic mass is 19.1. The van der Waals surface area contributed by atoms with Crippen LogP contribution in [0.2, 0.25) is 0 Å². The third-order valence-electron chi connectivity index (χ3n) is 4.19. The third-order valence-corrected chi connectivity index (χ3v) is 4.19. The van der Waals surface area contributed by atoms with Gasteiger partial charge in [-0.1, -0.05) is 6.07 Å². The van der Waals surface area contributed by atoms with Crippen molar-refractivity contribution in [2.24, 2.45) is 7.05 Å². The van der Waals surface area contributed by atoms with E-state index in [4.69, 9.17) is 4.74 Å². The maximum atomic E-state index is 13.6. The zero-order valence-electron chi connectivity index (χ0n) is 15.3. The molecule has 0 radical (unpaired) electrons. The first-order valence-corrected chi connectivity index (χ1v) is 8.43. The van der Waals surface area contributed by atoms with Gasteiger partial charge in [-0.05, 0) is 36.4 Å². The van der Waals surface area contributed by atoms with Gasteiger partial charge < -0.3 is 10.1 Å². The lowest BCUT2D eigenvalue weighted by atomic mass is 10.2. The summed E-state index contributed by atoms with van der Waals surface area (Å²) >= 11 is 0. The van der Waals surface area contributed by atoms with Crippen molar-refractivity contribution in [2.45, 2.75) is 6.54 Å². The van der Waals surface area contributed by atoms with Crippen LogP contribution in [0, 0.1) is 11.6 Å². The molecule has 0 aliphatic heterocycles. The first kappa shape index (κ1) is 19.3. The lowest BCUT2D eigenvalue weighted by molar-refractivity contribution is 0.0943. The van der Waals surface area contributed by atoms with Crippen molar-refractivity contribution in [1.82, 2.24) is 19.7 Å². The molecule has 146 valence electrons. The predicted octanol–water partition coefficient (Wildman–Crippen LogP) is 1.97. The summed E-state index contributed by atoms with van der Waals surface area (Å²) in [6.07, 6.45) is 0. The van der Waals surface area contributed by atoms with Gasteiger partial charge in [-0.3, -0.25) is 9.36 Å². The van der Waals surface area contributed by atoms with Crippen LogP contribution in [0.1, 0.15) is 10.4 Å². The summed E-state index contributed by atoms with van der Waals surface area (Å²) in [6.45, 7) is 0.0240. The SMILES string of the molecule is COc1ccc(-c2nn(CCNC(=O)c3c(F)cccc3F)c(=O)n2C)cc1. The minimum absolute atomic E-state index is 0.0222. The molecule has 3 rings (SSSR count). The fourth-order valence-corrected chi connectivity index (χ4v) is 2.70. The number of rotatable bonds is 6. The lowest BCUT2D eigenvalue weighted by Crippen LogP contribution is -2.32. The number of nitrogens with one attached hydrogen (secondary N) is 1. The number of halogens is 2. The number of hydrogen-bond donors (Lipinski definition) is 1. The van der Waals surface area contributed by atoms with Crippen molar-refractivity contribution in [2.75, 3.05) is 13.7 Å². The molecule has 7 nitrogen and oxygen atoms in total. The number of aromatic nitrogens is 3. The maximum Gasteiger partial charge on any atom is 0.345 e. The van der Waals surface area contributed by atoms with Gasteiger partial charge in [0, 0.05) is 19.2 Å². The van der Waals surface area contributed by atoms with Crippen LogP contribution in [-0.2, 0) is 13.6 Å². The first-order valence-electron chi connectivity index (χ1n) is 8.43. The molecule has 0 bridgehead atoms. The van der Waals surface area contributed by atoms with E-state index in [2.05, 4.69) is 10.4 Å². The van der Waals surface area contributed by atoms with E-state index in [1.165, 1.54) is 15.3 Å². The number of carbonyl (C=O) groups is 1. The predicted molar refractivity (Wildman–Crippen MR) is 98.1 cm³/mol. The number of amides is 1. The Kier molecular flexibility index (Phi) is 5.53. The number of methoxy groups -OCH3 is 1. The summed E-state index contributed by atoms with van der Waals surface area (Å²) in [6, 6.07) is 10.2. The van der Waals surface area contributed by atoms with Crippen LogP contribution in [0.4, 0.5) is 8.78 Å². The monoisotopic (exact) mass is 388 g/mol. The van der Waals surface area contributed by atoms with Gasteiger partial charge in [-0.25, -0.2) is 18.3 Å². The molecule has 0 fully saturated rings. The van der Waals surface area contributed by atoms with Gasteiger partial charge in [-0.2, -0.15) is 0 Å². The largest absolute Gasteiger partial charge is 0.497 e. The molecule has 0 saturated carbocycles. The Balaban J connectivity index is 1.71. The second-order valence-corrected chi connectivity index (χ2v) is 5.97. The van der Waals surface area contributed by atoms with Gasteiger partial charge in [0.05, 0.1) is 13.7 Å². The normalized spacial score (nSPS) is 10.7. The van der Waals surface area contributed by atoms with Crippen molar-refractivity contribution in [3.8, 4) is 17.1 Å². The maximum absolute atomic E-state index is 13.6. The van der Waals surface area contributed by atoms with Gasteiger partial charge >= 0.3 is 5.69 Å². The Morgan fingerprint density at radius 3 is 2.39 bits per heavy atom. The quantitative estimate of drug-likeness (QED) is 0.700. The molecule has 0 aliphatic rings. The van der Waals surface area contributed by atoms with Crippen molar-refractivity contribution >= 4 is 5.91 Å². The van der Waals surface area contributed by atoms with Crippen LogP contribution in [0.15, 0.2) is 47.3 Å². The molecular weight excluding hydrogens is 370 g/mol. The van der Waals surface area contributed by atoms with Gasteiger partial charge in [0.25, 0.3) is 5.91 Å². The average molecular weight is 388 g/mol. The zero-order valence-corrected chi connectivity index (χ0v) is 15.3. The summed E-state index contributed by atoms with van der Waals surface area (Å²) in [4.78, 5) is 24.3. The first-order chi connectivity index (χ1) is 13.4. The van der Waals surface area contributed by atoms with Crippen LogP contribution in [-0.4, -0.2) is 33.9 Å². The summed E-state index contributed by atoms with van der Waals surface area (Å²) in [5, 5.41) is 6.66. The van der Waals surface area contributed by atoms with Crippen molar-refractivity contribution in [1.29, 1.82) is 0 Å². The van der Waals surface area contributed by atoms with Crippen molar-refractivity contribution in [3.05, 3.63) is 70.1 Å². The molecule has 0 saturated heterocycles. The second kappa shape index (κ2) is 8.03. The van der Waals surface area contributed by atoms with Crippen molar-refractivity contribution in [3.63, 3.8) is 0 Å². The molecule has 0 spiro atoms. The molecule has 0 atom stereocenters. The molecule has 3 aromatic rings. The molecule has 1 N–H and O–H groups in total. The third kappa shape index (κ3) is 3.78. The molecular formula is C19H18F2N4O3. The second-order valence-electron chi connectivity index (χ2n) is 5.97. The summed E-state index contributed by atoms with van der Waals surface area (Å²) in [7, 11) is 3.14. The zero-order chi connectivity index (χ0) is 20.3. The molecule has 0 aliphatic carbocycles. The Morgan fingerprint density at radius 1 is 1.14 bits per heavy atom. The molecule has 1 aromatic heterocycles. The van der Waals surface area contributed by atoms with Crippen molar-refractivity contribution < 1.29 is 18.3 Å². The molecule has 0 unspecified atom stereocenters. The van der Waals surface area contributed by atoms with E-state index < -0.39 is 23.1 Å². The Labute approximate surface area is 159 Å². The van der Waals surface area contributed by atoms with E-state index in [1.807, 2.05) is 0 Å². The molecule has 9 heteroatoms. The Bertz CT molecular complexity index is 1040. The Morgan fingerprint density at radius 2 is 1.79 bits per heavy atom. The van der Waals surface area contributed by atoms with Gasteiger partial charge in [0.1, 0.15) is 22.9 Å². The van der Waals surface area contributed by atoms with Crippen LogP contribution in [0.3, 0.4) is 0 Å². The van der Waals surface area contributed by atoms with E-state index in [1.54, 1.807) is 38.4 Å². The fraction of sp³-hybridized carbons (Fsp3) is 0.211. The van der Waals surface area contributed by atoms with Crippen LogP contribution in [0.5, 0.6) is 5.75 Å². The van der Waals surface area contributed by atoms with Crippen LogP contribution < -0.4 is 15.7 Å². The van der Waals surface area contributed by atoms with Gasteiger partial charge in [0.15, 0.2) is 5.82 Å². The van der Waals surface area contributed by atoms with Gasteiger partial charge in [-0.15, -0.1) is 5.10 Å². The Hall–Kier alpha value is -3.49. The van der Waals surface area contributed by atoms with E-state index in [-0.39, 0.29) is 18.8 Å². The molecule has 2 aromatic carbocycles. The number of nitrogens with zero attached hydrogens (tertiary/aromatic N) is 3. The minimum atomic E-state index is -0.950. The molecule has 1 heterocycles. The number of hydrogen-bond acceptors (Lipinski definition) is 4. The smallest absolute Gasteiger partial charge is 0.345 e. The van der Waals surface area contributed by atoms with Crippen LogP contribution in [0.25, 0.3) is 11.4 Å². The van der Waals surface area contributed by atoms with E-state index in [0.717, 1.165) is 17.7 Å². The minimum Gasteiger partial charge on any atom is -0.497 e. The summed E-state index contributed by atoms with van der Waals surface area (Å²) < 4.78 is 34.9. The molecule has 1 amide bonds. The standard InChI is InChI=1S/C19H18F2N4O3/c1-24-17(12-6-8-13(28-2)9-7-12)23-25(19(24)27)11-10-22-18(26)16-14(20)4-3-5-15(16)21/h3-9H,10-11H2,1-2H3,(H,22,26). The summed E-state index contributed by atoms with van der Waals surface area (Å²) in [5.74, 6) is -1.67. The summed E-state index contributed by atoms with van der Waals surface area (Å²) in [5.41, 5.74) is -0.316. The number of benzene rings is 2. The fourth-order valence-electron chi connectivity index (χ4n) is 2.70. The highest BCUT2D eigenvalue weighted by Gasteiger charge is 2.17. The van der Waals surface area contributed by atoms with Gasteiger partial charge in [0.2, 0.25) is 0 Å². The number of carbonyl (C=O) groups excluding carboxylic acids is 1. The highest BCUT2D eigenvalue weighted by Crippen LogP contribution is 2.19. The van der Waals surface area contributed by atoms with Crippen LogP contribution >= 0.6 is 0 Å². The highest BCUT2D eigenvalue weighted by molar-refractivity contribution is 5.94.